The summed E-state index contributed by atoms with van der Waals surface area (Å²) in [6.45, 7) is 0.368. The Hall–Kier alpha value is -3.69. The molecule has 0 atom stereocenters. The molecule has 0 unspecified atom stereocenters. The van der Waals surface area contributed by atoms with Crippen LogP contribution in [0.2, 0.25) is 0 Å². The van der Waals surface area contributed by atoms with E-state index < -0.39 is 29.2 Å². The molecule has 0 radical (unpaired) electrons. The first-order valence-corrected chi connectivity index (χ1v) is 8.31. The number of pyridine rings is 2. The van der Waals surface area contributed by atoms with E-state index in [0.29, 0.717) is 29.9 Å². The fraction of sp³-hybridized carbons (Fsp3) is 0.105. The zero-order valence-corrected chi connectivity index (χ0v) is 14.8. The molecular weight excluding hydrogens is 390 g/mol. The molecule has 2 aromatic heterocycles. The van der Waals surface area contributed by atoms with Gasteiger partial charge in [0.25, 0.3) is 5.91 Å². The highest BCUT2D eigenvalue weighted by atomic mass is 19.4. The van der Waals surface area contributed by atoms with Crippen LogP contribution in [0.5, 0.6) is 0 Å². The second kappa shape index (κ2) is 8.13. The molecule has 0 aliphatic rings. The first kappa shape index (κ1) is 20.1. The van der Waals surface area contributed by atoms with Crippen LogP contribution < -0.4 is 16.4 Å². The molecule has 1 aromatic carbocycles. The molecule has 0 bridgehead atoms. The van der Waals surface area contributed by atoms with Crippen molar-refractivity contribution in [2.45, 2.75) is 12.7 Å². The van der Waals surface area contributed by atoms with Crippen LogP contribution in [-0.4, -0.2) is 15.9 Å². The first-order chi connectivity index (χ1) is 13.7. The molecule has 0 aliphatic carbocycles. The largest absolute Gasteiger partial charge is 0.417 e. The Balaban J connectivity index is 1.70. The van der Waals surface area contributed by atoms with Crippen molar-refractivity contribution in [3.8, 4) is 0 Å². The summed E-state index contributed by atoms with van der Waals surface area (Å²) in [6, 6.07) is 10.3. The van der Waals surface area contributed by atoms with Gasteiger partial charge in [0.2, 0.25) is 0 Å². The van der Waals surface area contributed by atoms with E-state index in [-0.39, 0.29) is 6.07 Å². The van der Waals surface area contributed by atoms with E-state index in [4.69, 9.17) is 5.73 Å². The van der Waals surface area contributed by atoms with Gasteiger partial charge in [-0.25, -0.2) is 14.4 Å². The van der Waals surface area contributed by atoms with Gasteiger partial charge in [-0.2, -0.15) is 13.2 Å². The minimum Gasteiger partial charge on any atom is -0.382 e. The maximum absolute atomic E-state index is 13.9. The fourth-order valence-electron chi connectivity index (χ4n) is 2.47. The number of anilines is 3. The summed E-state index contributed by atoms with van der Waals surface area (Å²) in [5.41, 5.74) is 5.49. The molecule has 0 aliphatic heterocycles. The predicted molar refractivity (Wildman–Crippen MR) is 99.6 cm³/mol. The fourth-order valence-corrected chi connectivity index (χ4v) is 2.47. The maximum Gasteiger partial charge on any atom is 0.417 e. The molecule has 150 valence electrons. The van der Waals surface area contributed by atoms with Gasteiger partial charge in [-0.15, -0.1) is 0 Å². The number of amides is 1. The van der Waals surface area contributed by atoms with Crippen molar-refractivity contribution in [3.05, 3.63) is 77.5 Å². The second-order valence-electron chi connectivity index (χ2n) is 6.00. The number of hydrogen-bond donors (Lipinski definition) is 3. The Kier molecular flexibility index (Phi) is 5.62. The van der Waals surface area contributed by atoms with Gasteiger partial charge < -0.3 is 16.4 Å². The molecule has 2 heterocycles. The van der Waals surface area contributed by atoms with Gasteiger partial charge >= 0.3 is 6.18 Å². The maximum atomic E-state index is 13.9. The molecule has 10 heteroatoms. The van der Waals surface area contributed by atoms with Gasteiger partial charge in [0.15, 0.2) is 11.5 Å². The molecule has 0 saturated heterocycles. The van der Waals surface area contributed by atoms with Crippen LogP contribution in [-0.2, 0) is 12.7 Å². The number of carbonyl (C=O) groups is 1. The Morgan fingerprint density at radius 1 is 1.10 bits per heavy atom. The monoisotopic (exact) mass is 405 g/mol. The minimum atomic E-state index is -4.75. The number of nitrogens with zero attached hydrogens (tertiary/aromatic N) is 2. The normalized spacial score (nSPS) is 11.2. The molecule has 6 nitrogen and oxygen atoms in total. The number of nitrogens with two attached hydrogens (primary N) is 1. The summed E-state index contributed by atoms with van der Waals surface area (Å²) in [4.78, 5) is 19.5. The molecule has 0 spiro atoms. The lowest BCUT2D eigenvalue weighted by atomic mass is 10.2. The number of rotatable bonds is 5. The number of nitrogen functional groups attached to an aromatic ring is 1. The van der Waals surface area contributed by atoms with Crippen LogP contribution in [0.25, 0.3) is 0 Å². The lowest BCUT2D eigenvalue weighted by Crippen LogP contribution is -2.17. The third kappa shape index (κ3) is 4.98. The van der Waals surface area contributed by atoms with E-state index in [1.807, 2.05) is 0 Å². The standard InChI is InChI=1S/C19H15F4N5O/c20-14-8-12(19(21,22)23)10-27-16(14)18(29)28-13-4-1-3-11(7-13)9-26-15-5-2-6-25-17(15)24/h1-8,10,26H,9H2,(H2,24,25)(H,28,29). The van der Waals surface area contributed by atoms with E-state index >= 15 is 0 Å². The third-order valence-corrected chi connectivity index (χ3v) is 3.89. The lowest BCUT2D eigenvalue weighted by Gasteiger charge is -2.11. The summed E-state index contributed by atoms with van der Waals surface area (Å²) in [6.07, 6.45) is -2.77. The van der Waals surface area contributed by atoms with E-state index in [1.54, 1.807) is 42.6 Å². The average molecular weight is 405 g/mol. The quantitative estimate of drug-likeness (QED) is 0.556. The number of nitrogens with one attached hydrogen (secondary N) is 2. The van der Waals surface area contributed by atoms with E-state index in [9.17, 15) is 22.4 Å². The van der Waals surface area contributed by atoms with E-state index in [0.717, 1.165) is 5.56 Å². The van der Waals surface area contributed by atoms with Crippen molar-refractivity contribution in [2.75, 3.05) is 16.4 Å². The molecular formula is C19H15F4N5O. The van der Waals surface area contributed by atoms with E-state index in [1.165, 1.54) is 0 Å². The van der Waals surface area contributed by atoms with Gasteiger partial charge in [0.1, 0.15) is 5.82 Å². The van der Waals surface area contributed by atoms with Crippen LogP contribution in [0.15, 0.2) is 54.9 Å². The van der Waals surface area contributed by atoms with Gasteiger partial charge in [-0.1, -0.05) is 12.1 Å². The molecule has 4 N–H and O–H groups in total. The number of alkyl halides is 3. The van der Waals surface area contributed by atoms with Gasteiger partial charge in [-0.05, 0) is 35.9 Å². The molecule has 0 saturated carbocycles. The first-order valence-electron chi connectivity index (χ1n) is 8.31. The van der Waals surface area contributed by atoms with Gasteiger partial charge in [-0.3, -0.25) is 4.79 Å². The topological polar surface area (TPSA) is 92.9 Å². The van der Waals surface area contributed by atoms with Gasteiger partial charge in [0.05, 0.1) is 11.3 Å². The number of benzene rings is 1. The van der Waals surface area contributed by atoms with Crippen LogP contribution in [0.3, 0.4) is 0 Å². The summed E-state index contributed by atoms with van der Waals surface area (Å²) < 4.78 is 51.7. The lowest BCUT2D eigenvalue weighted by molar-refractivity contribution is -0.138. The number of carbonyl (C=O) groups excluding carboxylic acids is 1. The molecule has 0 fully saturated rings. The van der Waals surface area contributed by atoms with Crippen molar-refractivity contribution in [1.29, 1.82) is 0 Å². The summed E-state index contributed by atoms with van der Waals surface area (Å²) in [5.74, 6) is -1.99. The predicted octanol–water partition coefficient (Wildman–Crippen LogP) is 4.08. The smallest absolute Gasteiger partial charge is 0.382 e. The number of hydrogen-bond acceptors (Lipinski definition) is 5. The number of aromatic nitrogens is 2. The minimum absolute atomic E-state index is 0.237. The highest BCUT2D eigenvalue weighted by Gasteiger charge is 2.32. The number of halogens is 4. The third-order valence-electron chi connectivity index (χ3n) is 3.89. The molecule has 29 heavy (non-hydrogen) atoms. The van der Waals surface area contributed by atoms with Crippen molar-refractivity contribution in [2.24, 2.45) is 0 Å². The zero-order valence-electron chi connectivity index (χ0n) is 14.8. The second-order valence-corrected chi connectivity index (χ2v) is 6.00. The van der Waals surface area contributed by atoms with Crippen molar-refractivity contribution >= 4 is 23.1 Å². The van der Waals surface area contributed by atoms with Crippen molar-refractivity contribution in [1.82, 2.24) is 9.97 Å². The highest BCUT2D eigenvalue weighted by molar-refractivity contribution is 6.03. The Morgan fingerprint density at radius 2 is 1.90 bits per heavy atom. The molecule has 3 aromatic rings. The van der Waals surface area contributed by atoms with Crippen LogP contribution in [0.4, 0.5) is 34.8 Å². The summed E-state index contributed by atoms with van der Waals surface area (Å²) >= 11 is 0. The Morgan fingerprint density at radius 3 is 2.59 bits per heavy atom. The van der Waals surface area contributed by atoms with Crippen molar-refractivity contribution < 1.29 is 22.4 Å². The van der Waals surface area contributed by atoms with Crippen LogP contribution in [0.1, 0.15) is 21.6 Å². The Labute approximate surface area is 162 Å². The van der Waals surface area contributed by atoms with E-state index in [2.05, 4.69) is 20.6 Å². The molecule has 3 rings (SSSR count). The highest BCUT2D eigenvalue weighted by Crippen LogP contribution is 2.29. The van der Waals surface area contributed by atoms with Gasteiger partial charge in [0, 0.05) is 24.6 Å². The zero-order chi connectivity index (χ0) is 21.0. The average Bonchev–Trinajstić information content (AvgIpc) is 2.67. The molecule has 1 amide bonds. The summed E-state index contributed by atoms with van der Waals surface area (Å²) in [5, 5.41) is 5.51. The Bertz CT molecular complexity index is 1040. The van der Waals surface area contributed by atoms with Crippen LogP contribution in [0, 0.1) is 5.82 Å². The SMILES string of the molecule is Nc1ncccc1NCc1cccc(NC(=O)c2ncc(C(F)(F)F)cc2F)c1. The van der Waals surface area contributed by atoms with Crippen molar-refractivity contribution in [3.63, 3.8) is 0 Å². The van der Waals surface area contributed by atoms with Crippen LogP contribution >= 0.6 is 0 Å². The summed E-state index contributed by atoms with van der Waals surface area (Å²) in [7, 11) is 0.